The zero-order valence-electron chi connectivity index (χ0n) is 16.4. The van der Waals surface area contributed by atoms with Crippen LogP contribution >= 0.6 is 11.8 Å². The van der Waals surface area contributed by atoms with E-state index in [4.69, 9.17) is 9.47 Å². The van der Waals surface area contributed by atoms with Gasteiger partial charge < -0.3 is 14.4 Å². The maximum Gasteiger partial charge on any atom is 0.259 e. The Balaban J connectivity index is 1.68. The van der Waals surface area contributed by atoms with Gasteiger partial charge in [0.1, 0.15) is 5.82 Å². The zero-order valence-corrected chi connectivity index (χ0v) is 17.2. The Hall–Kier alpha value is -3.20. The number of aromatic nitrogens is 4. The lowest BCUT2D eigenvalue weighted by molar-refractivity contribution is 0.0988. The van der Waals surface area contributed by atoms with Gasteiger partial charge in [0.15, 0.2) is 0 Å². The van der Waals surface area contributed by atoms with E-state index in [0.717, 1.165) is 10.7 Å². The van der Waals surface area contributed by atoms with Crippen molar-refractivity contribution in [3.63, 3.8) is 0 Å². The van der Waals surface area contributed by atoms with Crippen LogP contribution < -0.4 is 14.4 Å². The summed E-state index contributed by atoms with van der Waals surface area (Å²) in [5, 5.41) is 0.761. The van der Waals surface area contributed by atoms with Gasteiger partial charge in [-0.1, -0.05) is 11.8 Å². The predicted octanol–water partition coefficient (Wildman–Crippen LogP) is 3.24. The first-order chi connectivity index (χ1) is 14.1. The Labute approximate surface area is 173 Å². The molecule has 0 aliphatic heterocycles. The maximum absolute atomic E-state index is 12.8. The third-order valence-corrected chi connectivity index (χ3v) is 4.93. The van der Waals surface area contributed by atoms with Crippen molar-refractivity contribution in [3.8, 4) is 11.8 Å². The van der Waals surface area contributed by atoms with Crippen molar-refractivity contribution in [3.05, 3.63) is 60.3 Å². The molecule has 0 spiro atoms. The normalized spacial score (nSPS) is 10.4. The number of carbonyl (C=O) groups is 1. The summed E-state index contributed by atoms with van der Waals surface area (Å²) in [6.07, 6.45) is 4.93. The van der Waals surface area contributed by atoms with Crippen molar-refractivity contribution in [2.45, 2.75) is 17.7 Å². The van der Waals surface area contributed by atoms with Crippen LogP contribution in [0.3, 0.4) is 0 Å². The lowest BCUT2D eigenvalue weighted by atomic mass is 10.2. The molecule has 0 fully saturated rings. The molecule has 0 saturated carbocycles. The van der Waals surface area contributed by atoms with Crippen LogP contribution in [0.25, 0.3) is 0 Å². The summed E-state index contributed by atoms with van der Waals surface area (Å²) in [6.45, 7) is 2.46. The fraction of sp³-hybridized carbons (Fsp3) is 0.250. The number of thioether (sulfide) groups is 1. The standard InChI is InChI=1S/C20H21N5O3S/c1-4-25(15-6-5-9-21-12-15)20(26)14-7-8-19(22-11-14)29-13-16-23-17(27-2)10-18(24-16)28-3/h5-12H,4,13H2,1-3H3. The molecule has 0 saturated heterocycles. The molecule has 3 rings (SSSR count). The van der Waals surface area contributed by atoms with E-state index in [-0.39, 0.29) is 5.91 Å². The van der Waals surface area contributed by atoms with Gasteiger partial charge in [-0.3, -0.25) is 9.78 Å². The van der Waals surface area contributed by atoms with Gasteiger partial charge in [0.2, 0.25) is 11.8 Å². The number of ether oxygens (including phenoxy) is 2. The number of amides is 1. The van der Waals surface area contributed by atoms with Crippen LogP contribution in [-0.4, -0.2) is 46.6 Å². The maximum atomic E-state index is 12.8. The molecule has 9 heteroatoms. The Morgan fingerprint density at radius 3 is 2.41 bits per heavy atom. The van der Waals surface area contributed by atoms with Crippen molar-refractivity contribution < 1.29 is 14.3 Å². The molecule has 8 nitrogen and oxygen atoms in total. The number of pyridine rings is 2. The van der Waals surface area contributed by atoms with Crippen LogP contribution in [0.1, 0.15) is 23.1 Å². The first-order valence-corrected chi connectivity index (χ1v) is 9.89. The predicted molar refractivity (Wildman–Crippen MR) is 111 cm³/mol. The van der Waals surface area contributed by atoms with Gasteiger partial charge >= 0.3 is 0 Å². The number of nitrogens with zero attached hydrogens (tertiary/aromatic N) is 5. The van der Waals surface area contributed by atoms with Crippen LogP contribution in [0.2, 0.25) is 0 Å². The zero-order chi connectivity index (χ0) is 20.6. The highest BCUT2D eigenvalue weighted by Crippen LogP contribution is 2.23. The molecule has 0 aliphatic carbocycles. The number of hydrogen-bond acceptors (Lipinski definition) is 8. The van der Waals surface area contributed by atoms with Crippen molar-refractivity contribution in [1.82, 2.24) is 19.9 Å². The summed E-state index contributed by atoms with van der Waals surface area (Å²) in [6, 6.07) is 8.86. The summed E-state index contributed by atoms with van der Waals surface area (Å²) >= 11 is 1.46. The van der Waals surface area contributed by atoms with Crippen LogP contribution in [0.15, 0.2) is 53.9 Å². The van der Waals surface area contributed by atoms with Crippen molar-refractivity contribution in [2.75, 3.05) is 25.7 Å². The summed E-state index contributed by atoms with van der Waals surface area (Å²) in [4.78, 5) is 31.5. The van der Waals surface area contributed by atoms with Crippen LogP contribution in [0, 0.1) is 0 Å². The summed E-state index contributed by atoms with van der Waals surface area (Å²) in [5.41, 5.74) is 1.27. The molecule has 0 bridgehead atoms. The number of carbonyl (C=O) groups excluding carboxylic acids is 1. The number of methoxy groups -OCH3 is 2. The van der Waals surface area contributed by atoms with Crippen LogP contribution in [0.4, 0.5) is 5.69 Å². The monoisotopic (exact) mass is 411 g/mol. The molecule has 0 radical (unpaired) electrons. The molecule has 3 heterocycles. The molecule has 0 aliphatic rings. The smallest absolute Gasteiger partial charge is 0.259 e. The highest BCUT2D eigenvalue weighted by molar-refractivity contribution is 7.98. The number of anilines is 1. The first kappa shape index (κ1) is 20.5. The topological polar surface area (TPSA) is 90.3 Å². The largest absolute Gasteiger partial charge is 0.481 e. The van der Waals surface area contributed by atoms with E-state index in [1.54, 1.807) is 55.9 Å². The Kier molecular flexibility index (Phi) is 6.96. The van der Waals surface area contributed by atoms with E-state index < -0.39 is 0 Å². The average Bonchev–Trinajstić information content (AvgIpc) is 2.79. The molecule has 3 aromatic rings. The van der Waals surface area contributed by atoms with E-state index in [2.05, 4.69) is 19.9 Å². The molecule has 1 amide bonds. The highest BCUT2D eigenvalue weighted by atomic mass is 32.2. The van der Waals surface area contributed by atoms with E-state index >= 15 is 0 Å². The van der Waals surface area contributed by atoms with Crippen LogP contribution in [-0.2, 0) is 5.75 Å². The molecule has 0 N–H and O–H groups in total. The molecular formula is C20H21N5O3S. The minimum Gasteiger partial charge on any atom is -0.481 e. The molecule has 29 heavy (non-hydrogen) atoms. The Morgan fingerprint density at radius 2 is 1.86 bits per heavy atom. The van der Waals surface area contributed by atoms with Gasteiger partial charge in [0, 0.05) is 18.9 Å². The molecule has 3 aromatic heterocycles. The third-order valence-electron chi connectivity index (χ3n) is 4.00. The fourth-order valence-corrected chi connectivity index (χ4v) is 3.26. The molecular weight excluding hydrogens is 390 g/mol. The first-order valence-electron chi connectivity index (χ1n) is 8.91. The Bertz CT molecular complexity index is 932. The third kappa shape index (κ3) is 5.20. The van der Waals surface area contributed by atoms with E-state index in [1.165, 1.54) is 11.8 Å². The SMILES string of the molecule is CCN(C(=O)c1ccc(SCc2nc(OC)cc(OC)n2)nc1)c1cccnc1. The molecule has 0 unspecified atom stereocenters. The van der Waals surface area contributed by atoms with Gasteiger partial charge in [-0.15, -0.1) is 0 Å². The number of hydrogen-bond donors (Lipinski definition) is 0. The number of rotatable bonds is 8. The molecule has 0 atom stereocenters. The van der Waals surface area contributed by atoms with E-state index in [0.29, 0.717) is 35.4 Å². The second kappa shape index (κ2) is 9.83. The summed E-state index contributed by atoms with van der Waals surface area (Å²) in [7, 11) is 3.09. The van der Waals surface area contributed by atoms with Gasteiger partial charge in [0.25, 0.3) is 5.91 Å². The lowest BCUT2D eigenvalue weighted by Gasteiger charge is -2.20. The van der Waals surface area contributed by atoms with E-state index in [1.807, 2.05) is 19.1 Å². The van der Waals surface area contributed by atoms with Crippen molar-refractivity contribution in [1.29, 1.82) is 0 Å². The van der Waals surface area contributed by atoms with E-state index in [9.17, 15) is 4.79 Å². The Morgan fingerprint density at radius 1 is 1.10 bits per heavy atom. The quantitative estimate of drug-likeness (QED) is 0.522. The minimum atomic E-state index is -0.120. The second-order valence-corrected chi connectivity index (χ2v) is 6.80. The van der Waals surface area contributed by atoms with Gasteiger partial charge in [-0.25, -0.2) is 4.98 Å². The van der Waals surface area contributed by atoms with Gasteiger partial charge in [-0.05, 0) is 31.2 Å². The summed E-state index contributed by atoms with van der Waals surface area (Å²) in [5.74, 6) is 1.82. The molecule has 0 aromatic carbocycles. The minimum absolute atomic E-state index is 0.120. The second-order valence-electron chi connectivity index (χ2n) is 5.80. The van der Waals surface area contributed by atoms with Gasteiger partial charge in [0.05, 0.1) is 48.5 Å². The van der Waals surface area contributed by atoms with Crippen molar-refractivity contribution in [2.24, 2.45) is 0 Å². The van der Waals surface area contributed by atoms with Crippen molar-refractivity contribution >= 4 is 23.4 Å². The highest BCUT2D eigenvalue weighted by Gasteiger charge is 2.16. The summed E-state index contributed by atoms with van der Waals surface area (Å²) < 4.78 is 10.3. The lowest BCUT2D eigenvalue weighted by Crippen LogP contribution is -2.30. The average molecular weight is 411 g/mol. The fourth-order valence-electron chi connectivity index (χ4n) is 2.57. The van der Waals surface area contributed by atoms with Gasteiger partial charge in [-0.2, -0.15) is 9.97 Å². The van der Waals surface area contributed by atoms with Crippen LogP contribution in [0.5, 0.6) is 11.8 Å². The molecule has 150 valence electrons.